The third kappa shape index (κ3) is 3.47. The fourth-order valence-corrected chi connectivity index (χ4v) is 5.83. The van der Waals surface area contributed by atoms with Crippen LogP contribution in [0.25, 0.3) is 0 Å². The summed E-state index contributed by atoms with van der Waals surface area (Å²) in [5.74, 6) is -0.730. The number of sulfonamides is 1. The summed E-state index contributed by atoms with van der Waals surface area (Å²) in [7, 11) is -8.16. The molecule has 0 unspecified atom stereocenters. The monoisotopic (exact) mass is 408 g/mol. The number of nitrogens with one attached hydrogen (secondary N) is 1. The Morgan fingerprint density at radius 3 is 2.11 bits per heavy atom. The van der Waals surface area contributed by atoms with E-state index in [-0.39, 0.29) is 26.9 Å². The predicted octanol–water partition coefficient (Wildman–Crippen LogP) is 3.28. The number of hydrogen-bond donors (Lipinski definition) is 1. The second kappa shape index (κ2) is 6.82. The van der Waals surface area contributed by atoms with Gasteiger partial charge in [-0.3, -0.25) is 4.72 Å². The largest absolute Gasteiger partial charge is 0.277 e. The van der Waals surface area contributed by atoms with Gasteiger partial charge in [0, 0.05) is 5.69 Å². The Bertz CT molecular complexity index is 1200. The summed E-state index contributed by atoms with van der Waals surface area (Å²) in [5, 5.41) is 0. The van der Waals surface area contributed by atoms with E-state index >= 15 is 0 Å². The number of benzene rings is 2. The highest BCUT2D eigenvalue weighted by Crippen LogP contribution is 2.27. The first-order chi connectivity index (χ1) is 12.6. The third-order valence-electron chi connectivity index (χ3n) is 4.01. The highest BCUT2D eigenvalue weighted by Gasteiger charge is 2.28. The Morgan fingerprint density at radius 1 is 0.889 bits per heavy atom. The Morgan fingerprint density at radius 2 is 1.48 bits per heavy atom. The van der Waals surface area contributed by atoms with Crippen LogP contribution in [0.3, 0.4) is 0 Å². The second-order valence-electron chi connectivity index (χ2n) is 5.90. The molecule has 0 aliphatic rings. The molecule has 1 aromatic heterocycles. The SMILES string of the molecule is Cc1cc(S(=O)(=O)Nc2ccccc2F)c(C)n1S(=O)(=O)c1ccccc1. The Balaban J connectivity index is 2.10. The fraction of sp³-hybridized carbons (Fsp3) is 0.111. The van der Waals surface area contributed by atoms with E-state index in [0.717, 1.165) is 10.0 Å². The lowest BCUT2D eigenvalue weighted by Gasteiger charge is -2.12. The molecule has 0 aliphatic carbocycles. The normalized spacial score (nSPS) is 12.1. The van der Waals surface area contributed by atoms with Crippen LogP contribution in [0, 0.1) is 19.7 Å². The summed E-state index contributed by atoms with van der Waals surface area (Å²) >= 11 is 0. The summed E-state index contributed by atoms with van der Waals surface area (Å²) in [6.07, 6.45) is 0. The Labute approximate surface area is 157 Å². The van der Waals surface area contributed by atoms with Crippen LogP contribution in [0.2, 0.25) is 0 Å². The van der Waals surface area contributed by atoms with Crippen LogP contribution >= 0.6 is 0 Å². The zero-order valence-electron chi connectivity index (χ0n) is 14.5. The van der Waals surface area contributed by atoms with Crippen LogP contribution < -0.4 is 4.72 Å². The molecule has 9 heteroatoms. The van der Waals surface area contributed by atoms with Crippen LogP contribution in [-0.2, 0) is 20.0 Å². The molecule has 1 N–H and O–H groups in total. The Hall–Kier alpha value is -2.65. The van der Waals surface area contributed by atoms with Crippen molar-refractivity contribution in [3.05, 3.63) is 77.9 Å². The molecule has 0 bridgehead atoms. The van der Waals surface area contributed by atoms with E-state index in [1.165, 1.54) is 50.2 Å². The molecule has 0 saturated heterocycles. The first-order valence-corrected chi connectivity index (χ1v) is 10.8. The zero-order valence-corrected chi connectivity index (χ0v) is 16.2. The van der Waals surface area contributed by atoms with Gasteiger partial charge in [-0.15, -0.1) is 0 Å². The topological polar surface area (TPSA) is 85.2 Å². The van der Waals surface area contributed by atoms with Gasteiger partial charge >= 0.3 is 0 Å². The smallest absolute Gasteiger partial charge is 0.268 e. The third-order valence-corrected chi connectivity index (χ3v) is 7.40. The molecule has 0 aliphatic heterocycles. The van der Waals surface area contributed by atoms with Gasteiger partial charge in [0.2, 0.25) is 0 Å². The van der Waals surface area contributed by atoms with Gasteiger partial charge in [0.25, 0.3) is 20.0 Å². The van der Waals surface area contributed by atoms with Gasteiger partial charge in [-0.1, -0.05) is 30.3 Å². The van der Waals surface area contributed by atoms with Crippen molar-refractivity contribution in [3.63, 3.8) is 0 Å². The highest BCUT2D eigenvalue weighted by atomic mass is 32.2. The number of para-hydroxylation sites is 1. The van der Waals surface area contributed by atoms with Crippen molar-refractivity contribution in [1.29, 1.82) is 0 Å². The van der Waals surface area contributed by atoms with Gasteiger partial charge in [0.15, 0.2) is 0 Å². The number of aromatic nitrogens is 1. The second-order valence-corrected chi connectivity index (χ2v) is 9.34. The van der Waals surface area contributed by atoms with Crippen LogP contribution in [0.15, 0.2) is 70.5 Å². The van der Waals surface area contributed by atoms with Gasteiger partial charge in [-0.05, 0) is 44.2 Å². The van der Waals surface area contributed by atoms with E-state index in [0.29, 0.717) is 0 Å². The van der Waals surface area contributed by atoms with E-state index in [1.54, 1.807) is 18.2 Å². The first-order valence-electron chi connectivity index (χ1n) is 7.91. The molecule has 142 valence electrons. The lowest BCUT2D eigenvalue weighted by molar-refractivity contribution is 0.584. The van der Waals surface area contributed by atoms with Crippen LogP contribution in [-0.4, -0.2) is 20.8 Å². The molecule has 0 atom stereocenters. The molecule has 0 saturated carbocycles. The number of aryl methyl sites for hydroxylation is 1. The summed E-state index contributed by atoms with van der Waals surface area (Å²) in [6.45, 7) is 2.89. The van der Waals surface area contributed by atoms with Crippen molar-refractivity contribution < 1.29 is 21.2 Å². The number of rotatable bonds is 5. The van der Waals surface area contributed by atoms with E-state index < -0.39 is 25.9 Å². The van der Waals surface area contributed by atoms with Gasteiger partial charge in [0.05, 0.1) is 16.3 Å². The van der Waals surface area contributed by atoms with Gasteiger partial charge < -0.3 is 0 Å². The number of halogens is 1. The Kier molecular flexibility index (Phi) is 4.83. The van der Waals surface area contributed by atoms with E-state index in [2.05, 4.69) is 4.72 Å². The minimum atomic E-state index is -4.19. The van der Waals surface area contributed by atoms with Crippen molar-refractivity contribution in [3.8, 4) is 0 Å². The highest BCUT2D eigenvalue weighted by molar-refractivity contribution is 7.93. The number of anilines is 1. The summed E-state index contributed by atoms with van der Waals surface area (Å²) < 4.78 is 68.2. The van der Waals surface area contributed by atoms with E-state index in [4.69, 9.17) is 0 Å². The van der Waals surface area contributed by atoms with Crippen molar-refractivity contribution in [2.75, 3.05) is 4.72 Å². The van der Waals surface area contributed by atoms with Gasteiger partial charge in [-0.25, -0.2) is 25.2 Å². The minimum absolute atomic E-state index is 0.0141. The lowest BCUT2D eigenvalue weighted by Crippen LogP contribution is -2.18. The van der Waals surface area contributed by atoms with Crippen LogP contribution in [0.1, 0.15) is 11.4 Å². The molecule has 1 heterocycles. The molecule has 2 aromatic carbocycles. The van der Waals surface area contributed by atoms with Crippen molar-refractivity contribution in [2.24, 2.45) is 0 Å². The lowest BCUT2D eigenvalue weighted by atomic mass is 10.3. The van der Waals surface area contributed by atoms with E-state index in [9.17, 15) is 21.2 Å². The maximum Gasteiger partial charge on any atom is 0.268 e. The summed E-state index contributed by atoms with van der Waals surface area (Å²) in [5.41, 5.74) is 0.0265. The molecule has 3 rings (SSSR count). The quantitative estimate of drug-likeness (QED) is 0.702. The molecule has 27 heavy (non-hydrogen) atoms. The summed E-state index contributed by atoms with van der Waals surface area (Å²) in [6, 6.07) is 14.3. The predicted molar refractivity (Wildman–Crippen MR) is 100 cm³/mol. The van der Waals surface area contributed by atoms with Crippen molar-refractivity contribution in [2.45, 2.75) is 23.6 Å². The average Bonchev–Trinajstić information content (AvgIpc) is 2.93. The molecule has 6 nitrogen and oxygen atoms in total. The maximum atomic E-state index is 13.8. The maximum absolute atomic E-state index is 13.8. The first kappa shape index (κ1) is 19.1. The van der Waals surface area contributed by atoms with Crippen molar-refractivity contribution >= 4 is 25.7 Å². The van der Waals surface area contributed by atoms with Crippen LogP contribution in [0.5, 0.6) is 0 Å². The number of nitrogens with zero attached hydrogens (tertiary/aromatic N) is 1. The fourth-order valence-electron chi connectivity index (χ4n) is 2.80. The molecular weight excluding hydrogens is 391 g/mol. The molecule has 0 radical (unpaired) electrons. The van der Waals surface area contributed by atoms with E-state index in [1.807, 2.05) is 0 Å². The van der Waals surface area contributed by atoms with Crippen molar-refractivity contribution in [1.82, 2.24) is 3.97 Å². The van der Waals surface area contributed by atoms with Gasteiger partial charge in [0.1, 0.15) is 10.7 Å². The molecule has 0 amide bonds. The zero-order chi connectivity index (χ0) is 19.8. The standard InChI is InChI=1S/C18H17FN2O4S2/c1-13-12-18(26(22,23)20-17-11-7-6-10-16(17)19)14(2)21(13)27(24,25)15-8-4-3-5-9-15/h3-12,20H,1-2H3. The molecule has 0 fully saturated rings. The molecule has 3 aromatic rings. The molecular formula is C18H17FN2O4S2. The molecule has 0 spiro atoms. The minimum Gasteiger partial charge on any atom is -0.277 e. The number of hydrogen-bond acceptors (Lipinski definition) is 4. The van der Waals surface area contributed by atoms with Gasteiger partial charge in [-0.2, -0.15) is 0 Å². The van der Waals surface area contributed by atoms with Crippen LogP contribution in [0.4, 0.5) is 10.1 Å². The average molecular weight is 408 g/mol. The summed E-state index contributed by atoms with van der Waals surface area (Å²) in [4.78, 5) is -0.194.